The van der Waals surface area contributed by atoms with E-state index in [9.17, 15) is 4.79 Å². The van der Waals surface area contributed by atoms with Gasteiger partial charge in [0.2, 0.25) is 0 Å². The van der Waals surface area contributed by atoms with E-state index in [0.29, 0.717) is 18.9 Å². The Morgan fingerprint density at radius 1 is 1.58 bits per heavy atom. The number of ether oxygens (including phenoxy) is 2. The highest BCUT2D eigenvalue weighted by Gasteiger charge is 2.14. The van der Waals surface area contributed by atoms with Crippen molar-refractivity contribution in [3.63, 3.8) is 0 Å². The maximum Gasteiger partial charge on any atom is 0.260 e. The Balaban J connectivity index is 2.31. The number of aromatic nitrogens is 2. The summed E-state index contributed by atoms with van der Waals surface area (Å²) in [6, 6.07) is 0. The molecule has 0 saturated carbocycles. The van der Waals surface area contributed by atoms with Gasteiger partial charge in [-0.3, -0.25) is 9.48 Å². The van der Waals surface area contributed by atoms with Crippen molar-refractivity contribution in [2.75, 3.05) is 20.3 Å². The maximum atomic E-state index is 11.7. The van der Waals surface area contributed by atoms with E-state index in [1.54, 1.807) is 31.1 Å². The molecule has 0 saturated heterocycles. The SMILES string of the molecule is CCCn1cc(OC(C)C(=O)NCCCOC)cn1. The lowest BCUT2D eigenvalue weighted by Crippen LogP contribution is -2.37. The molecule has 0 bridgehead atoms. The topological polar surface area (TPSA) is 65.4 Å². The van der Waals surface area contributed by atoms with Crippen molar-refractivity contribution in [2.24, 2.45) is 0 Å². The van der Waals surface area contributed by atoms with Gasteiger partial charge < -0.3 is 14.8 Å². The highest BCUT2D eigenvalue weighted by atomic mass is 16.5. The first-order valence-corrected chi connectivity index (χ1v) is 6.63. The number of rotatable bonds is 9. The number of aryl methyl sites for hydroxylation is 1. The molecule has 1 rings (SSSR count). The number of amides is 1. The van der Waals surface area contributed by atoms with Gasteiger partial charge in [0.1, 0.15) is 0 Å². The van der Waals surface area contributed by atoms with Crippen LogP contribution in [0.5, 0.6) is 5.75 Å². The van der Waals surface area contributed by atoms with Crippen molar-refractivity contribution in [2.45, 2.75) is 39.3 Å². The quantitative estimate of drug-likeness (QED) is 0.684. The summed E-state index contributed by atoms with van der Waals surface area (Å²) in [6.45, 7) is 5.89. The van der Waals surface area contributed by atoms with Crippen LogP contribution >= 0.6 is 0 Å². The van der Waals surface area contributed by atoms with Gasteiger partial charge in [-0.25, -0.2) is 0 Å². The van der Waals surface area contributed by atoms with Crippen LogP contribution < -0.4 is 10.1 Å². The predicted molar refractivity (Wildman–Crippen MR) is 72.1 cm³/mol. The summed E-state index contributed by atoms with van der Waals surface area (Å²) in [5.41, 5.74) is 0. The monoisotopic (exact) mass is 269 g/mol. The van der Waals surface area contributed by atoms with E-state index in [4.69, 9.17) is 9.47 Å². The molecule has 1 amide bonds. The van der Waals surface area contributed by atoms with Crippen LogP contribution in [-0.2, 0) is 16.1 Å². The Kier molecular flexibility index (Phi) is 6.95. The molecular formula is C13H23N3O3. The standard InChI is InChI=1S/C13H23N3O3/c1-4-7-16-10-12(9-15-16)19-11(2)13(17)14-6-5-8-18-3/h9-11H,4-8H2,1-3H3,(H,14,17). The average Bonchev–Trinajstić information content (AvgIpc) is 2.82. The largest absolute Gasteiger partial charge is 0.478 e. The molecule has 0 fully saturated rings. The number of hydrogen-bond acceptors (Lipinski definition) is 4. The van der Waals surface area contributed by atoms with Gasteiger partial charge in [-0.05, 0) is 19.8 Å². The fourth-order valence-electron chi connectivity index (χ4n) is 1.59. The smallest absolute Gasteiger partial charge is 0.260 e. The van der Waals surface area contributed by atoms with Crippen molar-refractivity contribution < 1.29 is 14.3 Å². The molecule has 0 radical (unpaired) electrons. The highest BCUT2D eigenvalue weighted by molar-refractivity contribution is 5.80. The van der Waals surface area contributed by atoms with E-state index in [1.807, 2.05) is 0 Å². The van der Waals surface area contributed by atoms with Gasteiger partial charge in [-0.1, -0.05) is 6.92 Å². The van der Waals surface area contributed by atoms with E-state index in [-0.39, 0.29) is 5.91 Å². The third kappa shape index (κ3) is 5.74. The summed E-state index contributed by atoms with van der Waals surface area (Å²) in [6.07, 6.45) is 4.71. The Morgan fingerprint density at radius 3 is 3.05 bits per heavy atom. The fraction of sp³-hybridized carbons (Fsp3) is 0.692. The summed E-state index contributed by atoms with van der Waals surface area (Å²) in [7, 11) is 1.64. The van der Waals surface area contributed by atoms with E-state index in [2.05, 4.69) is 17.3 Å². The molecule has 0 aromatic carbocycles. The van der Waals surface area contributed by atoms with Crippen LogP contribution in [0.25, 0.3) is 0 Å². The molecular weight excluding hydrogens is 246 g/mol. The van der Waals surface area contributed by atoms with Crippen molar-refractivity contribution in [3.8, 4) is 5.75 Å². The number of nitrogens with zero attached hydrogens (tertiary/aromatic N) is 2. The molecule has 0 spiro atoms. The number of hydrogen-bond donors (Lipinski definition) is 1. The Bertz CT molecular complexity index is 379. The predicted octanol–water partition coefficient (Wildman–Crippen LogP) is 1.21. The van der Waals surface area contributed by atoms with E-state index in [1.165, 1.54) is 0 Å². The number of methoxy groups -OCH3 is 1. The molecule has 19 heavy (non-hydrogen) atoms. The summed E-state index contributed by atoms with van der Waals surface area (Å²) in [5, 5.41) is 6.95. The van der Waals surface area contributed by atoms with Crippen LogP contribution in [0, 0.1) is 0 Å². The molecule has 1 unspecified atom stereocenters. The molecule has 1 aromatic heterocycles. The second-order valence-electron chi connectivity index (χ2n) is 4.34. The first-order chi connectivity index (χ1) is 9.17. The van der Waals surface area contributed by atoms with Crippen LogP contribution in [0.15, 0.2) is 12.4 Å². The minimum atomic E-state index is -0.526. The van der Waals surface area contributed by atoms with Crippen LogP contribution in [-0.4, -0.2) is 42.1 Å². The van der Waals surface area contributed by atoms with Crippen LogP contribution in [0.4, 0.5) is 0 Å². The van der Waals surface area contributed by atoms with E-state index >= 15 is 0 Å². The first-order valence-electron chi connectivity index (χ1n) is 6.63. The lowest BCUT2D eigenvalue weighted by Gasteiger charge is -2.13. The molecule has 6 nitrogen and oxygen atoms in total. The minimum Gasteiger partial charge on any atom is -0.478 e. The zero-order valence-corrected chi connectivity index (χ0v) is 11.9. The lowest BCUT2D eigenvalue weighted by molar-refractivity contribution is -0.127. The molecule has 1 aromatic rings. The van der Waals surface area contributed by atoms with E-state index in [0.717, 1.165) is 19.4 Å². The second kappa shape index (κ2) is 8.53. The number of carbonyl (C=O) groups excluding carboxylic acids is 1. The van der Waals surface area contributed by atoms with Crippen molar-refractivity contribution in [1.82, 2.24) is 15.1 Å². The molecule has 1 heterocycles. The van der Waals surface area contributed by atoms with Gasteiger partial charge in [0.15, 0.2) is 11.9 Å². The fourth-order valence-corrected chi connectivity index (χ4v) is 1.59. The summed E-state index contributed by atoms with van der Waals surface area (Å²) in [5.74, 6) is 0.493. The molecule has 0 aliphatic heterocycles. The zero-order valence-electron chi connectivity index (χ0n) is 11.9. The first kappa shape index (κ1) is 15.5. The van der Waals surface area contributed by atoms with Crippen molar-refractivity contribution in [3.05, 3.63) is 12.4 Å². The molecule has 1 atom stereocenters. The Hall–Kier alpha value is -1.56. The summed E-state index contributed by atoms with van der Waals surface area (Å²) >= 11 is 0. The molecule has 108 valence electrons. The number of nitrogens with one attached hydrogen (secondary N) is 1. The van der Waals surface area contributed by atoms with Crippen LogP contribution in [0.3, 0.4) is 0 Å². The van der Waals surface area contributed by atoms with Crippen LogP contribution in [0.1, 0.15) is 26.7 Å². The van der Waals surface area contributed by atoms with Crippen molar-refractivity contribution >= 4 is 5.91 Å². The van der Waals surface area contributed by atoms with Gasteiger partial charge in [-0.2, -0.15) is 5.10 Å². The molecule has 6 heteroatoms. The van der Waals surface area contributed by atoms with Gasteiger partial charge in [-0.15, -0.1) is 0 Å². The number of carbonyl (C=O) groups is 1. The summed E-state index contributed by atoms with van der Waals surface area (Å²) in [4.78, 5) is 11.7. The zero-order chi connectivity index (χ0) is 14.1. The third-order valence-corrected chi connectivity index (χ3v) is 2.57. The van der Waals surface area contributed by atoms with Crippen molar-refractivity contribution in [1.29, 1.82) is 0 Å². The maximum absolute atomic E-state index is 11.7. The molecule has 0 aliphatic carbocycles. The summed E-state index contributed by atoms with van der Waals surface area (Å²) < 4.78 is 12.2. The van der Waals surface area contributed by atoms with E-state index < -0.39 is 6.10 Å². The third-order valence-electron chi connectivity index (χ3n) is 2.57. The van der Waals surface area contributed by atoms with Gasteiger partial charge in [0, 0.05) is 26.8 Å². The highest BCUT2D eigenvalue weighted by Crippen LogP contribution is 2.11. The van der Waals surface area contributed by atoms with Gasteiger partial charge >= 0.3 is 0 Å². The molecule has 0 aliphatic rings. The Labute approximate surface area is 114 Å². The average molecular weight is 269 g/mol. The Morgan fingerprint density at radius 2 is 2.37 bits per heavy atom. The second-order valence-corrected chi connectivity index (χ2v) is 4.34. The normalized spacial score (nSPS) is 12.2. The lowest BCUT2D eigenvalue weighted by atomic mass is 10.3. The van der Waals surface area contributed by atoms with Gasteiger partial charge in [0.05, 0.1) is 12.4 Å². The van der Waals surface area contributed by atoms with Crippen LogP contribution in [0.2, 0.25) is 0 Å². The van der Waals surface area contributed by atoms with Gasteiger partial charge in [0.25, 0.3) is 5.91 Å². The minimum absolute atomic E-state index is 0.126. The molecule has 1 N–H and O–H groups in total.